The first kappa shape index (κ1) is 15.1. The van der Waals surface area contributed by atoms with Gasteiger partial charge in [0.25, 0.3) is 0 Å². The van der Waals surface area contributed by atoms with Crippen molar-refractivity contribution in [2.75, 3.05) is 18.4 Å². The first-order valence-electron chi connectivity index (χ1n) is 8.01. The maximum Gasteiger partial charge on any atom is 0.0678 e. The van der Waals surface area contributed by atoms with Gasteiger partial charge in [-0.3, -0.25) is 4.90 Å². The first-order chi connectivity index (χ1) is 10.7. The van der Waals surface area contributed by atoms with E-state index in [0.717, 1.165) is 26.2 Å². The van der Waals surface area contributed by atoms with E-state index in [9.17, 15) is 0 Å². The van der Waals surface area contributed by atoms with Gasteiger partial charge >= 0.3 is 0 Å². The molecular weight excluding hydrogens is 274 g/mol. The van der Waals surface area contributed by atoms with Crippen LogP contribution in [0.25, 0.3) is 0 Å². The van der Waals surface area contributed by atoms with Crippen LogP contribution in [0.5, 0.6) is 0 Å². The van der Waals surface area contributed by atoms with Crippen molar-refractivity contribution < 1.29 is 4.74 Å². The molecule has 0 amide bonds. The van der Waals surface area contributed by atoms with E-state index in [-0.39, 0.29) is 0 Å². The molecule has 22 heavy (non-hydrogen) atoms. The Morgan fingerprint density at radius 1 is 1.18 bits per heavy atom. The summed E-state index contributed by atoms with van der Waals surface area (Å²) < 4.78 is 5.80. The van der Waals surface area contributed by atoms with Gasteiger partial charge < -0.3 is 15.0 Å². The van der Waals surface area contributed by atoms with E-state index in [1.54, 1.807) is 0 Å². The average molecular weight is 299 g/mol. The summed E-state index contributed by atoms with van der Waals surface area (Å²) in [6.07, 6.45) is 4.61. The number of ether oxygens (including phenoxy) is 1. The normalized spacial score (nSPS) is 22.6. The fourth-order valence-electron chi connectivity index (χ4n) is 3.12. The van der Waals surface area contributed by atoms with Crippen LogP contribution in [0, 0.1) is 0 Å². The van der Waals surface area contributed by atoms with E-state index in [4.69, 9.17) is 4.74 Å². The number of hydrogen-bond donors (Lipinski definition) is 2. The van der Waals surface area contributed by atoms with Gasteiger partial charge in [-0.2, -0.15) is 0 Å². The summed E-state index contributed by atoms with van der Waals surface area (Å²) in [4.78, 5) is 5.56. The van der Waals surface area contributed by atoms with Crippen LogP contribution >= 0.6 is 0 Å². The number of benzene rings is 1. The molecule has 1 saturated heterocycles. The Labute approximate surface area is 132 Å². The molecule has 1 aliphatic heterocycles. The molecule has 1 aromatic heterocycles. The fraction of sp³-hybridized carbons (Fsp3) is 0.444. The molecule has 2 N–H and O–H groups in total. The second-order valence-corrected chi connectivity index (χ2v) is 6.22. The Morgan fingerprint density at radius 2 is 2.00 bits per heavy atom. The van der Waals surface area contributed by atoms with Crippen molar-refractivity contribution >= 4 is 5.69 Å². The fourth-order valence-corrected chi connectivity index (χ4v) is 3.12. The lowest BCUT2D eigenvalue weighted by Gasteiger charge is -2.35. The highest BCUT2D eigenvalue weighted by atomic mass is 16.5. The Bertz CT molecular complexity index is 572. The molecule has 0 aliphatic carbocycles. The molecule has 2 heterocycles. The lowest BCUT2D eigenvalue weighted by molar-refractivity contribution is -0.0704. The number of morpholine rings is 1. The zero-order valence-corrected chi connectivity index (χ0v) is 13.4. The van der Waals surface area contributed by atoms with Crippen LogP contribution < -0.4 is 5.32 Å². The molecular formula is C18H25N3O. The molecule has 2 aromatic rings. The largest absolute Gasteiger partial charge is 0.381 e. The molecule has 3 rings (SSSR count). The highest BCUT2D eigenvalue weighted by molar-refractivity contribution is 5.46. The molecule has 4 heteroatoms. The van der Waals surface area contributed by atoms with Gasteiger partial charge in [-0.25, -0.2) is 0 Å². The van der Waals surface area contributed by atoms with Crippen molar-refractivity contribution in [3.05, 3.63) is 53.9 Å². The summed E-state index contributed by atoms with van der Waals surface area (Å²) in [6, 6.07) is 10.8. The summed E-state index contributed by atoms with van der Waals surface area (Å²) in [5.74, 6) is 0. The van der Waals surface area contributed by atoms with Crippen LogP contribution in [0.15, 0.2) is 42.7 Å². The lowest BCUT2D eigenvalue weighted by Crippen LogP contribution is -2.44. The molecule has 118 valence electrons. The van der Waals surface area contributed by atoms with Crippen LogP contribution in [-0.4, -0.2) is 35.2 Å². The van der Waals surface area contributed by atoms with E-state index >= 15 is 0 Å². The number of rotatable bonds is 5. The summed E-state index contributed by atoms with van der Waals surface area (Å²) >= 11 is 0. The summed E-state index contributed by atoms with van der Waals surface area (Å²) in [5, 5.41) is 3.48. The Morgan fingerprint density at radius 3 is 2.73 bits per heavy atom. The minimum Gasteiger partial charge on any atom is -0.381 e. The number of anilines is 1. The third-order valence-corrected chi connectivity index (χ3v) is 3.99. The standard InChI is InChI=1S/C18H25N3O/c1-14-11-21(12-15(2)22-14)13-16-4-3-5-18(8-16)20-10-17-6-7-19-9-17/h3-9,14-15,19-20H,10-13H2,1-2H3. The lowest BCUT2D eigenvalue weighted by atomic mass is 10.1. The SMILES string of the molecule is CC1CN(Cc2cccc(NCc3cc[nH]c3)c2)CC(C)O1. The maximum atomic E-state index is 5.80. The van der Waals surface area contributed by atoms with E-state index in [1.165, 1.54) is 16.8 Å². The molecule has 0 radical (unpaired) electrons. The van der Waals surface area contributed by atoms with Gasteiger partial charge in [0.2, 0.25) is 0 Å². The number of H-pyrrole nitrogens is 1. The smallest absolute Gasteiger partial charge is 0.0678 e. The third kappa shape index (κ3) is 4.12. The number of aromatic amines is 1. The maximum absolute atomic E-state index is 5.80. The molecule has 1 aromatic carbocycles. The van der Waals surface area contributed by atoms with Gasteiger partial charge in [0, 0.05) is 44.3 Å². The van der Waals surface area contributed by atoms with Gasteiger partial charge in [-0.15, -0.1) is 0 Å². The number of aromatic nitrogens is 1. The van der Waals surface area contributed by atoms with Gasteiger partial charge in [0.05, 0.1) is 12.2 Å². The second kappa shape index (κ2) is 6.99. The van der Waals surface area contributed by atoms with Crippen molar-refractivity contribution in [3.8, 4) is 0 Å². The van der Waals surface area contributed by atoms with Crippen LogP contribution in [0.3, 0.4) is 0 Å². The van der Waals surface area contributed by atoms with Gasteiger partial charge in [-0.05, 0) is 43.2 Å². The summed E-state index contributed by atoms with van der Waals surface area (Å²) in [5.41, 5.74) is 3.79. The molecule has 4 nitrogen and oxygen atoms in total. The van der Waals surface area contributed by atoms with E-state index in [0.29, 0.717) is 12.2 Å². The van der Waals surface area contributed by atoms with Crippen molar-refractivity contribution in [1.29, 1.82) is 0 Å². The van der Waals surface area contributed by atoms with Crippen molar-refractivity contribution in [2.24, 2.45) is 0 Å². The zero-order chi connectivity index (χ0) is 15.4. The minimum absolute atomic E-state index is 0.318. The Kier molecular flexibility index (Phi) is 4.80. The van der Waals surface area contributed by atoms with Crippen molar-refractivity contribution in [2.45, 2.75) is 39.1 Å². The summed E-state index contributed by atoms with van der Waals surface area (Å²) in [7, 11) is 0. The highest BCUT2D eigenvalue weighted by Gasteiger charge is 2.21. The average Bonchev–Trinajstić information content (AvgIpc) is 2.98. The number of nitrogens with zero attached hydrogens (tertiary/aromatic N) is 1. The van der Waals surface area contributed by atoms with Gasteiger partial charge in [0.15, 0.2) is 0 Å². The van der Waals surface area contributed by atoms with E-state index in [2.05, 4.69) is 59.4 Å². The van der Waals surface area contributed by atoms with E-state index in [1.807, 2.05) is 12.4 Å². The van der Waals surface area contributed by atoms with Crippen LogP contribution in [-0.2, 0) is 17.8 Å². The molecule has 1 aliphatic rings. The molecule has 0 spiro atoms. The Hall–Kier alpha value is -1.78. The topological polar surface area (TPSA) is 40.3 Å². The van der Waals surface area contributed by atoms with Gasteiger partial charge in [0.1, 0.15) is 0 Å². The minimum atomic E-state index is 0.318. The van der Waals surface area contributed by atoms with E-state index < -0.39 is 0 Å². The second-order valence-electron chi connectivity index (χ2n) is 6.22. The Balaban J connectivity index is 1.58. The van der Waals surface area contributed by atoms with Crippen LogP contribution in [0.2, 0.25) is 0 Å². The monoisotopic (exact) mass is 299 g/mol. The molecule has 0 bridgehead atoms. The van der Waals surface area contributed by atoms with Crippen molar-refractivity contribution in [1.82, 2.24) is 9.88 Å². The zero-order valence-electron chi connectivity index (χ0n) is 13.4. The van der Waals surface area contributed by atoms with Gasteiger partial charge in [-0.1, -0.05) is 12.1 Å². The quantitative estimate of drug-likeness (QED) is 0.890. The number of hydrogen-bond acceptors (Lipinski definition) is 3. The molecule has 1 fully saturated rings. The van der Waals surface area contributed by atoms with Crippen LogP contribution in [0.4, 0.5) is 5.69 Å². The first-order valence-corrected chi connectivity index (χ1v) is 8.01. The molecule has 2 atom stereocenters. The molecule has 0 saturated carbocycles. The highest BCUT2D eigenvalue weighted by Crippen LogP contribution is 2.17. The molecule has 2 unspecified atom stereocenters. The number of nitrogens with one attached hydrogen (secondary N) is 2. The predicted octanol–water partition coefficient (Wildman–Crippen LogP) is 3.24. The third-order valence-electron chi connectivity index (χ3n) is 3.99. The van der Waals surface area contributed by atoms with Crippen molar-refractivity contribution in [3.63, 3.8) is 0 Å². The predicted molar refractivity (Wildman–Crippen MR) is 89.8 cm³/mol. The van der Waals surface area contributed by atoms with Crippen LogP contribution in [0.1, 0.15) is 25.0 Å². The summed E-state index contributed by atoms with van der Waals surface area (Å²) in [6.45, 7) is 8.14.